The van der Waals surface area contributed by atoms with Gasteiger partial charge in [0.05, 0.1) is 18.5 Å². The van der Waals surface area contributed by atoms with Gasteiger partial charge in [0.25, 0.3) is 0 Å². The number of urea groups is 1. The third kappa shape index (κ3) is 5.27. The number of para-hydroxylation sites is 2. The first-order valence-electron chi connectivity index (χ1n) is 6.69. The Labute approximate surface area is 135 Å². The van der Waals surface area contributed by atoms with Crippen molar-refractivity contribution in [2.75, 3.05) is 17.9 Å². The number of amides is 2. The van der Waals surface area contributed by atoms with Gasteiger partial charge in [0, 0.05) is 0 Å². The van der Waals surface area contributed by atoms with Gasteiger partial charge < -0.3 is 14.8 Å². The van der Waals surface area contributed by atoms with Gasteiger partial charge in [-0.15, -0.1) is 13.2 Å². The van der Waals surface area contributed by atoms with Gasteiger partial charge in [-0.25, -0.2) is 4.79 Å². The molecule has 24 heavy (non-hydrogen) atoms. The molecule has 6 nitrogen and oxygen atoms in total. The summed E-state index contributed by atoms with van der Waals surface area (Å²) in [5.74, 6) is 0.132. The lowest BCUT2D eigenvalue weighted by molar-refractivity contribution is -0.274. The zero-order valence-corrected chi connectivity index (χ0v) is 12.5. The predicted molar refractivity (Wildman–Crippen MR) is 81.9 cm³/mol. The molecule has 2 amide bonds. The first-order chi connectivity index (χ1) is 11.4. The molecule has 0 aliphatic rings. The molecule has 0 aromatic heterocycles. The van der Waals surface area contributed by atoms with Crippen molar-refractivity contribution in [3.63, 3.8) is 0 Å². The van der Waals surface area contributed by atoms with Crippen LogP contribution in [0.2, 0.25) is 0 Å². The van der Waals surface area contributed by atoms with Crippen molar-refractivity contribution in [1.82, 2.24) is 5.43 Å². The van der Waals surface area contributed by atoms with Crippen molar-refractivity contribution < 1.29 is 27.4 Å². The molecule has 3 N–H and O–H groups in total. The highest BCUT2D eigenvalue weighted by Gasteiger charge is 2.30. The van der Waals surface area contributed by atoms with Crippen molar-refractivity contribution >= 4 is 17.4 Å². The lowest BCUT2D eigenvalue weighted by Gasteiger charge is -2.13. The van der Waals surface area contributed by atoms with E-state index in [4.69, 9.17) is 4.74 Å². The van der Waals surface area contributed by atoms with Crippen LogP contribution in [0.25, 0.3) is 0 Å². The number of methoxy groups -OCH3 is 1. The van der Waals surface area contributed by atoms with Crippen LogP contribution in [0.3, 0.4) is 0 Å². The number of carbonyl (C=O) groups excluding carboxylic acids is 1. The number of alkyl halides is 3. The minimum Gasteiger partial charge on any atom is -0.495 e. The summed E-state index contributed by atoms with van der Waals surface area (Å²) in [6, 6.07) is 11.1. The second-order valence-corrected chi connectivity index (χ2v) is 4.48. The minimum absolute atomic E-state index is 0.355. The van der Waals surface area contributed by atoms with Crippen LogP contribution in [-0.2, 0) is 0 Å². The molecule has 0 aliphatic heterocycles. The van der Waals surface area contributed by atoms with E-state index in [9.17, 15) is 18.0 Å². The Hall–Kier alpha value is -3.10. The Bertz CT molecular complexity index is 690. The van der Waals surface area contributed by atoms with Gasteiger partial charge in [0.1, 0.15) is 11.5 Å². The standard InChI is InChI=1S/C15H14F3N3O3/c1-23-13-5-3-2-4-12(13)19-14(22)21-20-10-6-8-11(9-7-10)24-15(16,17)18/h2-9,20H,1H3,(H2,19,21,22). The van der Waals surface area contributed by atoms with Gasteiger partial charge in [-0.05, 0) is 36.4 Å². The maximum Gasteiger partial charge on any atom is 0.573 e. The topological polar surface area (TPSA) is 71.6 Å². The maximum atomic E-state index is 12.1. The smallest absolute Gasteiger partial charge is 0.495 e. The molecular weight excluding hydrogens is 327 g/mol. The molecule has 2 aromatic rings. The first kappa shape index (κ1) is 17.3. The van der Waals surface area contributed by atoms with Crippen LogP contribution in [-0.4, -0.2) is 19.5 Å². The van der Waals surface area contributed by atoms with Crippen LogP contribution in [0.15, 0.2) is 48.5 Å². The van der Waals surface area contributed by atoms with Gasteiger partial charge in [0.15, 0.2) is 0 Å². The first-order valence-corrected chi connectivity index (χ1v) is 6.69. The van der Waals surface area contributed by atoms with E-state index in [-0.39, 0.29) is 5.75 Å². The fraction of sp³-hybridized carbons (Fsp3) is 0.133. The third-order valence-electron chi connectivity index (χ3n) is 2.76. The lowest BCUT2D eigenvalue weighted by atomic mass is 10.3. The zero-order valence-electron chi connectivity index (χ0n) is 12.5. The summed E-state index contributed by atoms with van der Waals surface area (Å²) in [7, 11) is 1.47. The van der Waals surface area contributed by atoms with E-state index in [1.165, 1.54) is 19.2 Å². The molecule has 0 fully saturated rings. The molecule has 0 saturated heterocycles. The van der Waals surface area contributed by atoms with Gasteiger partial charge in [-0.3, -0.25) is 10.9 Å². The Balaban J connectivity index is 1.87. The number of carbonyl (C=O) groups is 1. The van der Waals surface area contributed by atoms with Crippen molar-refractivity contribution in [2.45, 2.75) is 6.36 Å². The number of rotatable bonds is 5. The molecule has 0 saturated carbocycles. The van der Waals surface area contributed by atoms with E-state index in [2.05, 4.69) is 20.9 Å². The minimum atomic E-state index is -4.75. The Kier molecular flexibility index (Phi) is 5.35. The number of hydrogen-bond donors (Lipinski definition) is 3. The average molecular weight is 341 g/mol. The van der Waals surface area contributed by atoms with Crippen LogP contribution >= 0.6 is 0 Å². The molecule has 2 aromatic carbocycles. The summed E-state index contributed by atoms with van der Waals surface area (Å²) in [5, 5.41) is 2.56. The number of anilines is 2. The maximum absolute atomic E-state index is 12.1. The molecule has 0 heterocycles. The van der Waals surface area contributed by atoms with Crippen LogP contribution in [0.5, 0.6) is 11.5 Å². The molecule has 0 aliphatic carbocycles. The fourth-order valence-corrected chi connectivity index (χ4v) is 1.77. The molecule has 0 atom stereocenters. The second-order valence-electron chi connectivity index (χ2n) is 4.48. The molecule has 2 rings (SSSR count). The van der Waals surface area contributed by atoms with Gasteiger partial charge in [0.2, 0.25) is 0 Å². The summed E-state index contributed by atoms with van der Waals surface area (Å²) in [6.45, 7) is 0. The molecule has 9 heteroatoms. The quantitative estimate of drug-likeness (QED) is 0.725. The van der Waals surface area contributed by atoms with Crippen LogP contribution in [0, 0.1) is 0 Å². The Morgan fingerprint density at radius 3 is 2.33 bits per heavy atom. The molecule has 0 bridgehead atoms. The molecule has 0 spiro atoms. The lowest BCUT2D eigenvalue weighted by Crippen LogP contribution is -2.33. The largest absolute Gasteiger partial charge is 0.573 e. The molecular formula is C15H14F3N3O3. The Morgan fingerprint density at radius 2 is 1.71 bits per heavy atom. The van der Waals surface area contributed by atoms with Gasteiger partial charge >= 0.3 is 12.4 Å². The van der Waals surface area contributed by atoms with E-state index < -0.39 is 12.4 Å². The van der Waals surface area contributed by atoms with Crippen LogP contribution < -0.4 is 25.6 Å². The fourth-order valence-electron chi connectivity index (χ4n) is 1.77. The summed E-state index contributed by atoms with van der Waals surface area (Å²) in [5.41, 5.74) is 5.74. The van der Waals surface area contributed by atoms with Gasteiger partial charge in [-0.2, -0.15) is 0 Å². The molecule has 0 unspecified atom stereocenters. The van der Waals surface area contributed by atoms with E-state index in [1.807, 2.05) is 0 Å². The summed E-state index contributed by atoms with van der Waals surface area (Å²) >= 11 is 0. The van der Waals surface area contributed by atoms with Crippen molar-refractivity contribution in [1.29, 1.82) is 0 Å². The zero-order chi connectivity index (χ0) is 17.6. The van der Waals surface area contributed by atoms with Crippen LogP contribution in [0.1, 0.15) is 0 Å². The van der Waals surface area contributed by atoms with E-state index >= 15 is 0 Å². The normalized spacial score (nSPS) is 10.7. The summed E-state index contributed by atoms with van der Waals surface area (Å²) in [6.07, 6.45) is -4.75. The number of halogens is 3. The number of hydrazine groups is 1. The van der Waals surface area contributed by atoms with Crippen molar-refractivity contribution in [2.24, 2.45) is 0 Å². The van der Waals surface area contributed by atoms with E-state index in [0.29, 0.717) is 17.1 Å². The number of ether oxygens (including phenoxy) is 2. The average Bonchev–Trinajstić information content (AvgIpc) is 2.53. The highest BCUT2D eigenvalue weighted by atomic mass is 19.4. The molecule has 128 valence electrons. The van der Waals surface area contributed by atoms with Crippen molar-refractivity contribution in [3.8, 4) is 11.5 Å². The summed E-state index contributed by atoms with van der Waals surface area (Å²) in [4.78, 5) is 11.8. The third-order valence-corrected chi connectivity index (χ3v) is 2.76. The number of benzene rings is 2. The molecule has 0 radical (unpaired) electrons. The second kappa shape index (κ2) is 7.44. The SMILES string of the molecule is COc1ccccc1NC(=O)NNc1ccc(OC(F)(F)F)cc1. The van der Waals surface area contributed by atoms with Crippen molar-refractivity contribution in [3.05, 3.63) is 48.5 Å². The predicted octanol–water partition coefficient (Wildman–Crippen LogP) is 3.74. The number of nitrogens with one attached hydrogen (secondary N) is 3. The monoisotopic (exact) mass is 341 g/mol. The highest BCUT2D eigenvalue weighted by molar-refractivity contribution is 5.91. The van der Waals surface area contributed by atoms with E-state index in [0.717, 1.165) is 12.1 Å². The highest BCUT2D eigenvalue weighted by Crippen LogP contribution is 2.24. The Morgan fingerprint density at radius 1 is 1.04 bits per heavy atom. The van der Waals surface area contributed by atoms with Gasteiger partial charge in [-0.1, -0.05) is 12.1 Å². The van der Waals surface area contributed by atoms with Crippen LogP contribution in [0.4, 0.5) is 29.3 Å². The number of hydrogen-bond acceptors (Lipinski definition) is 4. The van der Waals surface area contributed by atoms with E-state index in [1.54, 1.807) is 24.3 Å². The summed E-state index contributed by atoms with van der Waals surface area (Å²) < 4.78 is 45.0.